The molecule has 1 unspecified atom stereocenters. The van der Waals surface area contributed by atoms with Crippen molar-refractivity contribution >= 4 is 5.91 Å². The zero-order valence-corrected chi connectivity index (χ0v) is 14.2. The van der Waals surface area contributed by atoms with Crippen LogP contribution in [0.3, 0.4) is 0 Å². The summed E-state index contributed by atoms with van der Waals surface area (Å²) in [6.07, 6.45) is 4.42. The van der Waals surface area contributed by atoms with Gasteiger partial charge in [0, 0.05) is 25.1 Å². The van der Waals surface area contributed by atoms with Crippen molar-refractivity contribution in [2.75, 3.05) is 6.54 Å². The van der Waals surface area contributed by atoms with Gasteiger partial charge < -0.3 is 14.2 Å². The van der Waals surface area contributed by atoms with Gasteiger partial charge in [-0.3, -0.25) is 4.79 Å². The number of aryl methyl sites for hydroxylation is 1. The highest BCUT2D eigenvalue weighted by molar-refractivity contribution is 5.94. The average Bonchev–Trinajstić information content (AvgIpc) is 3.05. The molecule has 1 atom stereocenters. The predicted octanol–water partition coefficient (Wildman–Crippen LogP) is 3.36. The number of hydrogen-bond donors (Lipinski definition) is 0. The lowest BCUT2D eigenvalue weighted by Gasteiger charge is -2.35. The quantitative estimate of drug-likeness (QED) is 0.841. The lowest BCUT2D eigenvalue weighted by Crippen LogP contribution is -2.43. The van der Waals surface area contributed by atoms with E-state index in [1.165, 1.54) is 6.42 Å². The number of aromatic nitrogens is 2. The molecule has 2 heterocycles. The van der Waals surface area contributed by atoms with Gasteiger partial charge in [0.2, 0.25) is 11.7 Å². The van der Waals surface area contributed by atoms with Crippen LogP contribution < -0.4 is 4.74 Å². The van der Waals surface area contributed by atoms with E-state index in [1.807, 2.05) is 29.2 Å². The lowest BCUT2D eigenvalue weighted by molar-refractivity contribution is 0.0608. The molecule has 1 aromatic carbocycles. The Hall–Kier alpha value is -2.37. The highest BCUT2D eigenvalue weighted by Crippen LogP contribution is 2.23. The maximum atomic E-state index is 12.7. The SMILES string of the molecule is CCC1CCCCN1C(=O)c1ccc(OCc2noc(C)n2)cc1. The first kappa shape index (κ1) is 16.5. The van der Waals surface area contributed by atoms with Gasteiger partial charge in [0.1, 0.15) is 5.75 Å². The van der Waals surface area contributed by atoms with Crippen LogP contribution in [0, 0.1) is 6.92 Å². The van der Waals surface area contributed by atoms with Crippen molar-refractivity contribution in [1.82, 2.24) is 15.0 Å². The molecule has 0 bridgehead atoms. The zero-order valence-electron chi connectivity index (χ0n) is 14.2. The Bertz CT molecular complexity index is 681. The van der Waals surface area contributed by atoms with Crippen molar-refractivity contribution in [3.05, 3.63) is 41.5 Å². The van der Waals surface area contributed by atoms with E-state index in [2.05, 4.69) is 17.1 Å². The van der Waals surface area contributed by atoms with Crippen LogP contribution in [0.15, 0.2) is 28.8 Å². The van der Waals surface area contributed by atoms with E-state index in [0.29, 0.717) is 29.1 Å². The molecular formula is C18H23N3O3. The highest BCUT2D eigenvalue weighted by Gasteiger charge is 2.26. The molecule has 0 aliphatic carbocycles. The Morgan fingerprint density at radius 1 is 1.33 bits per heavy atom. The zero-order chi connectivity index (χ0) is 16.9. The van der Waals surface area contributed by atoms with Crippen LogP contribution in [0.25, 0.3) is 0 Å². The number of carbonyl (C=O) groups is 1. The van der Waals surface area contributed by atoms with Gasteiger partial charge in [0.05, 0.1) is 0 Å². The first-order chi connectivity index (χ1) is 11.7. The molecule has 1 fully saturated rings. The molecule has 24 heavy (non-hydrogen) atoms. The van der Waals surface area contributed by atoms with Crippen LogP contribution in [-0.4, -0.2) is 33.5 Å². The highest BCUT2D eigenvalue weighted by atomic mass is 16.5. The van der Waals surface area contributed by atoms with Gasteiger partial charge in [-0.05, 0) is 49.9 Å². The fraction of sp³-hybridized carbons (Fsp3) is 0.500. The van der Waals surface area contributed by atoms with Crippen molar-refractivity contribution in [1.29, 1.82) is 0 Å². The molecule has 128 valence electrons. The fourth-order valence-corrected chi connectivity index (χ4v) is 3.10. The van der Waals surface area contributed by atoms with Gasteiger partial charge in [-0.1, -0.05) is 12.1 Å². The van der Waals surface area contributed by atoms with E-state index in [1.54, 1.807) is 6.92 Å². The molecule has 3 rings (SSSR count). The van der Waals surface area contributed by atoms with Crippen LogP contribution in [0.1, 0.15) is 54.7 Å². The van der Waals surface area contributed by atoms with Gasteiger partial charge in [-0.2, -0.15) is 4.98 Å². The summed E-state index contributed by atoms with van der Waals surface area (Å²) in [4.78, 5) is 18.8. The molecule has 0 spiro atoms. The Kier molecular flexibility index (Phi) is 5.13. The third kappa shape index (κ3) is 3.75. The molecule has 1 aromatic heterocycles. The summed E-state index contributed by atoms with van der Waals surface area (Å²) in [6.45, 7) is 4.98. The summed E-state index contributed by atoms with van der Waals surface area (Å²) in [5.74, 6) is 1.81. The summed E-state index contributed by atoms with van der Waals surface area (Å²) in [5, 5.41) is 3.78. The Morgan fingerprint density at radius 3 is 2.79 bits per heavy atom. The number of carbonyl (C=O) groups excluding carboxylic acids is 1. The Labute approximate surface area is 141 Å². The lowest BCUT2D eigenvalue weighted by atomic mass is 9.99. The molecule has 0 radical (unpaired) electrons. The van der Waals surface area contributed by atoms with Gasteiger partial charge in [-0.15, -0.1) is 0 Å². The van der Waals surface area contributed by atoms with E-state index in [0.717, 1.165) is 25.8 Å². The minimum atomic E-state index is 0.113. The Balaban J connectivity index is 1.62. The number of hydrogen-bond acceptors (Lipinski definition) is 5. The van der Waals surface area contributed by atoms with E-state index >= 15 is 0 Å². The summed E-state index contributed by atoms with van der Waals surface area (Å²) in [5.41, 5.74) is 0.707. The molecule has 1 aliphatic heterocycles. The summed E-state index contributed by atoms with van der Waals surface area (Å²) in [7, 11) is 0. The number of benzene rings is 1. The number of ether oxygens (including phenoxy) is 1. The first-order valence-corrected chi connectivity index (χ1v) is 8.50. The minimum absolute atomic E-state index is 0.113. The third-order valence-corrected chi connectivity index (χ3v) is 4.40. The van der Waals surface area contributed by atoms with Crippen molar-refractivity contribution in [3.63, 3.8) is 0 Å². The van der Waals surface area contributed by atoms with Crippen LogP contribution >= 0.6 is 0 Å². The van der Waals surface area contributed by atoms with Gasteiger partial charge in [0.15, 0.2) is 6.61 Å². The van der Waals surface area contributed by atoms with Crippen LogP contribution in [-0.2, 0) is 6.61 Å². The second kappa shape index (κ2) is 7.47. The Morgan fingerprint density at radius 2 is 2.12 bits per heavy atom. The van der Waals surface area contributed by atoms with Gasteiger partial charge in [-0.25, -0.2) is 0 Å². The molecule has 6 nitrogen and oxygen atoms in total. The van der Waals surface area contributed by atoms with E-state index in [-0.39, 0.29) is 12.5 Å². The average molecular weight is 329 g/mol. The molecule has 1 aliphatic rings. The van der Waals surface area contributed by atoms with E-state index in [9.17, 15) is 4.79 Å². The second-order valence-corrected chi connectivity index (χ2v) is 6.10. The molecule has 1 saturated heterocycles. The number of likely N-dealkylation sites (tertiary alicyclic amines) is 1. The summed E-state index contributed by atoms with van der Waals surface area (Å²) >= 11 is 0. The largest absolute Gasteiger partial charge is 0.485 e. The monoisotopic (exact) mass is 329 g/mol. The molecular weight excluding hydrogens is 306 g/mol. The maximum Gasteiger partial charge on any atom is 0.254 e. The third-order valence-electron chi connectivity index (χ3n) is 4.40. The molecule has 6 heteroatoms. The van der Waals surface area contributed by atoms with Gasteiger partial charge in [0.25, 0.3) is 5.91 Å². The summed E-state index contributed by atoms with van der Waals surface area (Å²) < 4.78 is 10.5. The van der Waals surface area contributed by atoms with Crippen molar-refractivity contribution < 1.29 is 14.1 Å². The number of nitrogens with zero attached hydrogens (tertiary/aromatic N) is 3. The van der Waals surface area contributed by atoms with Crippen molar-refractivity contribution in [2.24, 2.45) is 0 Å². The van der Waals surface area contributed by atoms with Crippen LogP contribution in [0.5, 0.6) is 5.75 Å². The van der Waals surface area contributed by atoms with Gasteiger partial charge >= 0.3 is 0 Å². The first-order valence-electron chi connectivity index (χ1n) is 8.50. The second-order valence-electron chi connectivity index (χ2n) is 6.10. The maximum absolute atomic E-state index is 12.7. The number of amides is 1. The fourth-order valence-electron chi connectivity index (χ4n) is 3.10. The van der Waals surface area contributed by atoms with Crippen molar-refractivity contribution in [2.45, 2.75) is 52.2 Å². The van der Waals surface area contributed by atoms with E-state index < -0.39 is 0 Å². The molecule has 0 saturated carbocycles. The van der Waals surface area contributed by atoms with Crippen LogP contribution in [0.4, 0.5) is 0 Å². The van der Waals surface area contributed by atoms with E-state index in [4.69, 9.17) is 9.26 Å². The molecule has 2 aromatic rings. The standard InChI is InChI=1S/C18H23N3O3/c1-3-15-6-4-5-11-21(15)18(22)14-7-9-16(10-8-14)23-12-17-19-13(2)24-20-17/h7-10,15H,3-6,11-12H2,1-2H3. The normalized spacial score (nSPS) is 17.8. The van der Waals surface area contributed by atoms with Crippen LogP contribution in [0.2, 0.25) is 0 Å². The minimum Gasteiger partial charge on any atom is -0.485 e. The summed E-state index contributed by atoms with van der Waals surface area (Å²) in [6, 6.07) is 7.63. The number of rotatable bonds is 5. The smallest absolute Gasteiger partial charge is 0.254 e. The van der Waals surface area contributed by atoms with Crippen molar-refractivity contribution in [3.8, 4) is 5.75 Å². The predicted molar refractivity (Wildman–Crippen MR) is 88.8 cm³/mol. The number of piperidine rings is 1. The molecule has 0 N–H and O–H groups in total. The topological polar surface area (TPSA) is 68.5 Å². The molecule has 1 amide bonds.